The smallest absolute Gasteiger partial charge is 0.418 e. The third-order valence-electron chi connectivity index (χ3n) is 2.91. The van der Waals surface area contributed by atoms with Crippen molar-refractivity contribution < 1.29 is 32.9 Å². The van der Waals surface area contributed by atoms with Crippen molar-refractivity contribution in [1.29, 1.82) is 0 Å². The second-order valence-electron chi connectivity index (χ2n) is 4.87. The molecule has 0 aliphatic heterocycles. The summed E-state index contributed by atoms with van der Waals surface area (Å²) in [5.74, 6) is 0. The molecule has 1 heterocycles. The van der Waals surface area contributed by atoms with Crippen LogP contribution in [0.1, 0.15) is 19.5 Å². The van der Waals surface area contributed by atoms with Gasteiger partial charge in [-0.2, -0.15) is 13.2 Å². The van der Waals surface area contributed by atoms with Gasteiger partial charge in [-0.3, -0.25) is 4.98 Å². The maximum atomic E-state index is 13.0. The zero-order valence-electron chi connectivity index (χ0n) is 11.3. The number of carbonyl (C=O) groups is 1. The first-order valence-corrected chi connectivity index (χ1v) is 5.80. The van der Waals surface area contributed by atoms with Crippen LogP contribution in [-0.4, -0.2) is 39.2 Å². The van der Waals surface area contributed by atoms with Crippen molar-refractivity contribution in [3.8, 4) is 0 Å². The Morgan fingerprint density at radius 2 is 1.95 bits per heavy atom. The number of carbonyl (C=O) groups excluding carboxylic acids is 1. The van der Waals surface area contributed by atoms with Crippen LogP contribution >= 0.6 is 0 Å². The highest BCUT2D eigenvalue weighted by molar-refractivity contribution is 5.66. The fourth-order valence-electron chi connectivity index (χ4n) is 1.99. The van der Waals surface area contributed by atoms with Crippen molar-refractivity contribution in [3.05, 3.63) is 30.1 Å². The number of nitrogens with two attached hydrogens (primary N) is 1. The molecule has 1 aromatic heterocycles. The van der Waals surface area contributed by atoms with Crippen LogP contribution in [0.2, 0.25) is 0 Å². The van der Waals surface area contributed by atoms with Gasteiger partial charge in [0.15, 0.2) is 6.10 Å². The minimum absolute atomic E-state index is 0.485. The molecule has 2 unspecified atom stereocenters. The topological polar surface area (TPSA) is 106 Å². The molecule has 0 spiro atoms. The summed E-state index contributed by atoms with van der Waals surface area (Å²) in [5.41, 5.74) is -0.902. The number of halogens is 3. The highest BCUT2D eigenvalue weighted by Crippen LogP contribution is 2.44. The molecule has 2 atom stereocenters. The monoisotopic (exact) mass is 308 g/mol. The number of rotatable bonds is 4. The number of nitrogens with zero attached hydrogens (tertiary/aromatic N) is 1. The molecular formula is C12H15F3N2O4. The predicted octanol–water partition coefficient (Wildman–Crippen LogP) is 1.07. The molecule has 0 fully saturated rings. The van der Waals surface area contributed by atoms with Gasteiger partial charge in [-0.25, -0.2) is 4.79 Å². The van der Waals surface area contributed by atoms with E-state index in [1.54, 1.807) is 0 Å². The van der Waals surface area contributed by atoms with Gasteiger partial charge < -0.3 is 20.7 Å². The second-order valence-corrected chi connectivity index (χ2v) is 4.87. The normalized spacial score (nSPS) is 16.9. The number of primary amides is 1. The van der Waals surface area contributed by atoms with Crippen LogP contribution in [0, 0.1) is 0 Å². The largest absolute Gasteiger partial charge is 0.430 e. The molecule has 0 aliphatic rings. The summed E-state index contributed by atoms with van der Waals surface area (Å²) in [4.78, 5) is 14.7. The van der Waals surface area contributed by atoms with Gasteiger partial charge in [0.2, 0.25) is 5.60 Å². The number of pyridine rings is 1. The van der Waals surface area contributed by atoms with E-state index in [2.05, 4.69) is 9.72 Å². The lowest BCUT2D eigenvalue weighted by Crippen LogP contribution is -2.63. The Bertz CT molecular complexity index is 501. The third-order valence-corrected chi connectivity index (χ3v) is 2.91. The lowest BCUT2D eigenvalue weighted by Gasteiger charge is -2.44. The zero-order chi connectivity index (χ0) is 16.5. The van der Waals surface area contributed by atoms with Crippen molar-refractivity contribution in [2.24, 2.45) is 5.73 Å². The van der Waals surface area contributed by atoms with Crippen molar-refractivity contribution in [2.75, 3.05) is 0 Å². The number of hydrogen-bond donors (Lipinski definition) is 3. The number of aliphatic hydroxyl groups is 2. The summed E-state index contributed by atoms with van der Waals surface area (Å²) in [5, 5.41) is 19.8. The van der Waals surface area contributed by atoms with E-state index in [0.29, 0.717) is 0 Å². The Hall–Kier alpha value is -1.87. The summed E-state index contributed by atoms with van der Waals surface area (Å²) < 4.78 is 43.5. The van der Waals surface area contributed by atoms with Crippen molar-refractivity contribution >= 4 is 6.09 Å². The fourth-order valence-corrected chi connectivity index (χ4v) is 1.99. The Morgan fingerprint density at radius 1 is 1.38 bits per heavy atom. The Kier molecular flexibility index (Phi) is 4.49. The second kappa shape index (κ2) is 5.49. The zero-order valence-corrected chi connectivity index (χ0v) is 11.3. The van der Waals surface area contributed by atoms with E-state index in [0.717, 1.165) is 26.1 Å². The number of aliphatic hydroxyl groups excluding tert-OH is 1. The lowest BCUT2D eigenvalue weighted by atomic mass is 9.77. The molecule has 0 radical (unpaired) electrons. The number of ether oxygens (including phenoxy) is 1. The molecule has 118 valence electrons. The minimum atomic E-state index is -5.19. The van der Waals surface area contributed by atoms with Gasteiger partial charge in [0.05, 0.1) is 5.69 Å². The van der Waals surface area contributed by atoms with E-state index in [4.69, 9.17) is 5.73 Å². The Morgan fingerprint density at radius 3 is 2.29 bits per heavy atom. The highest BCUT2D eigenvalue weighted by atomic mass is 19.4. The van der Waals surface area contributed by atoms with E-state index < -0.39 is 35.3 Å². The van der Waals surface area contributed by atoms with E-state index in [-0.39, 0.29) is 0 Å². The summed E-state index contributed by atoms with van der Waals surface area (Å²) >= 11 is 0. The standard InChI is InChI=1S/C12H15F3N2O4/c1-10(2,20)11(21-9(16)19,8(18)12(13,14)15)7-5-3-4-6-17-7/h3-6,8,18,20H,1-2H3,(H2,16,19). The Labute approximate surface area is 118 Å². The van der Waals surface area contributed by atoms with Crippen molar-refractivity contribution in [2.45, 2.75) is 37.3 Å². The van der Waals surface area contributed by atoms with E-state index in [9.17, 15) is 28.2 Å². The van der Waals surface area contributed by atoms with Crippen LogP contribution in [0.4, 0.5) is 18.0 Å². The molecule has 0 saturated carbocycles. The maximum absolute atomic E-state index is 13.0. The lowest BCUT2D eigenvalue weighted by molar-refractivity contribution is -0.295. The third kappa shape index (κ3) is 3.24. The van der Waals surface area contributed by atoms with Crippen LogP contribution < -0.4 is 5.73 Å². The van der Waals surface area contributed by atoms with Gasteiger partial charge in [0, 0.05) is 6.20 Å². The molecule has 9 heteroatoms. The molecule has 1 rings (SSSR count). The van der Waals surface area contributed by atoms with Crippen LogP contribution in [0.15, 0.2) is 24.4 Å². The molecule has 0 bridgehead atoms. The van der Waals surface area contributed by atoms with Crippen LogP contribution in [0.25, 0.3) is 0 Å². The number of hydrogen-bond acceptors (Lipinski definition) is 5. The van der Waals surface area contributed by atoms with Gasteiger partial charge in [0.1, 0.15) is 5.60 Å². The van der Waals surface area contributed by atoms with E-state index >= 15 is 0 Å². The summed E-state index contributed by atoms with van der Waals surface area (Å²) in [6.45, 7) is 1.89. The molecule has 1 aromatic rings. The number of alkyl halides is 3. The molecule has 6 nitrogen and oxygen atoms in total. The van der Waals surface area contributed by atoms with E-state index in [1.807, 2.05) is 0 Å². The first kappa shape index (κ1) is 17.2. The molecule has 4 N–H and O–H groups in total. The molecule has 0 aromatic carbocycles. The predicted molar refractivity (Wildman–Crippen MR) is 64.9 cm³/mol. The SMILES string of the molecule is CC(C)(O)C(OC(N)=O)(c1ccccn1)C(O)C(F)(F)F. The number of amides is 1. The average molecular weight is 308 g/mol. The molecule has 1 amide bonds. The molecule has 0 aliphatic carbocycles. The van der Waals surface area contributed by atoms with Crippen molar-refractivity contribution in [1.82, 2.24) is 4.98 Å². The minimum Gasteiger partial charge on any atom is -0.430 e. The van der Waals surface area contributed by atoms with Crippen LogP contribution in [-0.2, 0) is 10.3 Å². The highest BCUT2D eigenvalue weighted by Gasteiger charge is 2.64. The average Bonchev–Trinajstić information content (AvgIpc) is 2.33. The maximum Gasteiger partial charge on any atom is 0.418 e. The first-order chi connectivity index (χ1) is 9.43. The summed E-state index contributed by atoms with van der Waals surface area (Å²) in [6, 6.07) is 3.80. The summed E-state index contributed by atoms with van der Waals surface area (Å²) in [7, 11) is 0. The van der Waals surface area contributed by atoms with Gasteiger partial charge in [-0.05, 0) is 26.0 Å². The van der Waals surface area contributed by atoms with Crippen LogP contribution in [0.5, 0.6) is 0 Å². The van der Waals surface area contributed by atoms with Gasteiger partial charge in [0.25, 0.3) is 0 Å². The quantitative estimate of drug-likeness (QED) is 0.771. The van der Waals surface area contributed by atoms with Gasteiger partial charge >= 0.3 is 12.3 Å². The van der Waals surface area contributed by atoms with Crippen LogP contribution in [0.3, 0.4) is 0 Å². The molecule has 0 saturated heterocycles. The molecular weight excluding hydrogens is 293 g/mol. The summed E-state index contributed by atoms with van der Waals surface area (Å²) in [6.07, 6.45) is -8.88. The van der Waals surface area contributed by atoms with Crippen molar-refractivity contribution in [3.63, 3.8) is 0 Å². The number of aromatic nitrogens is 1. The van der Waals surface area contributed by atoms with E-state index in [1.165, 1.54) is 12.1 Å². The van der Waals surface area contributed by atoms with Gasteiger partial charge in [-0.1, -0.05) is 6.07 Å². The Balaban J connectivity index is 3.62. The first-order valence-electron chi connectivity index (χ1n) is 5.80. The fraction of sp³-hybridized carbons (Fsp3) is 0.500. The van der Waals surface area contributed by atoms with Gasteiger partial charge in [-0.15, -0.1) is 0 Å². The molecule has 21 heavy (non-hydrogen) atoms.